The number of hydrogen-bond acceptors (Lipinski definition) is 5. The summed E-state index contributed by atoms with van der Waals surface area (Å²) in [7, 11) is -2.88. The number of carbonyl (C=O) groups is 1. The van der Waals surface area contributed by atoms with Crippen LogP contribution in [0.3, 0.4) is 0 Å². The van der Waals surface area contributed by atoms with Gasteiger partial charge in [0.1, 0.15) is 12.2 Å². The number of amides is 1. The summed E-state index contributed by atoms with van der Waals surface area (Å²) < 4.78 is 95.1. The van der Waals surface area contributed by atoms with E-state index in [1.54, 1.807) is 13.1 Å². The van der Waals surface area contributed by atoms with Gasteiger partial charge in [-0.25, -0.2) is 0 Å². The highest BCUT2D eigenvalue weighted by Gasteiger charge is 2.44. The van der Waals surface area contributed by atoms with E-state index < -0.39 is 41.7 Å². The molecule has 2 aromatic carbocycles. The van der Waals surface area contributed by atoms with E-state index in [0.29, 0.717) is 18.5 Å². The molecular weight excluding hydrogens is 793 g/mol. The Kier molecular flexibility index (Phi) is 28.7. The fraction of sp³-hybridized carbons (Fsp3) is 0.659. The molecule has 0 aromatic heterocycles. The second-order valence-corrected chi connectivity index (χ2v) is 22.3. The summed E-state index contributed by atoms with van der Waals surface area (Å²) in [5.74, 6) is 0.00239. The third-order valence-corrected chi connectivity index (χ3v) is 15.1. The minimum absolute atomic E-state index is 0.00546. The third kappa shape index (κ3) is 27.3. The molecule has 0 bridgehead atoms. The lowest BCUT2D eigenvalue weighted by atomic mass is 9.98. The molecule has 0 aliphatic heterocycles. The van der Waals surface area contributed by atoms with E-state index in [2.05, 4.69) is 88.1 Å². The molecular formula is C44H75F6NO5Si2. The zero-order valence-corrected chi connectivity index (χ0v) is 39.8. The van der Waals surface area contributed by atoms with Crippen molar-refractivity contribution in [1.29, 1.82) is 0 Å². The summed E-state index contributed by atoms with van der Waals surface area (Å²) in [6.45, 7) is 25.0. The molecule has 2 rings (SSSR count). The first kappa shape index (κ1) is 57.6. The Morgan fingerprint density at radius 1 is 0.707 bits per heavy atom. The van der Waals surface area contributed by atoms with Gasteiger partial charge in [-0.05, 0) is 97.0 Å². The molecule has 2 aromatic rings. The van der Waals surface area contributed by atoms with Crippen LogP contribution < -0.4 is 5.32 Å². The van der Waals surface area contributed by atoms with E-state index in [9.17, 15) is 31.1 Å². The molecule has 0 fully saturated rings. The van der Waals surface area contributed by atoms with Gasteiger partial charge in [0, 0.05) is 32.2 Å². The van der Waals surface area contributed by atoms with E-state index in [4.69, 9.17) is 17.7 Å². The molecule has 0 aliphatic rings. The van der Waals surface area contributed by atoms with Crippen molar-refractivity contribution >= 4 is 23.0 Å². The minimum atomic E-state index is -4.39. The Morgan fingerprint density at radius 3 is 1.40 bits per heavy atom. The Labute approximate surface area is 349 Å². The van der Waals surface area contributed by atoms with E-state index in [-0.39, 0.29) is 23.8 Å². The van der Waals surface area contributed by atoms with Gasteiger partial charge in [0.05, 0.1) is 0 Å². The van der Waals surface area contributed by atoms with Crippen LogP contribution in [0, 0.1) is 25.7 Å². The van der Waals surface area contributed by atoms with Gasteiger partial charge in [-0.3, -0.25) is 4.79 Å². The Balaban J connectivity index is 0. The topological polar surface area (TPSA) is 66.0 Å². The number of aryl methyl sites for hydroxylation is 4. The zero-order valence-electron chi connectivity index (χ0n) is 37.8. The summed E-state index contributed by atoms with van der Waals surface area (Å²) >= 11 is 0. The Morgan fingerprint density at radius 2 is 1.09 bits per heavy atom. The highest BCUT2D eigenvalue weighted by molar-refractivity contribution is 6.66. The molecule has 0 radical (unpaired) electrons. The van der Waals surface area contributed by atoms with Crippen molar-refractivity contribution in [3.05, 3.63) is 83.4 Å². The quantitative estimate of drug-likeness (QED) is 0.0865. The first-order valence-corrected chi connectivity index (χ1v) is 25.4. The molecule has 0 spiro atoms. The fourth-order valence-electron chi connectivity index (χ4n) is 5.42. The lowest BCUT2D eigenvalue weighted by Gasteiger charge is -2.32. The maximum atomic E-state index is 12.7. The smallest absolute Gasteiger partial charge is 0.398 e. The number of carbonyl (C=O) groups excluding carboxylic acids is 1. The highest BCUT2D eigenvalue weighted by atomic mass is 28.4. The maximum absolute atomic E-state index is 12.7. The van der Waals surface area contributed by atoms with Gasteiger partial charge < -0.3 is 23.0 Å². The normalized spacial score (nSPS) is 15.7. The number of halogens is 6. The molecule has 58 heavy (non-hydrogen) atoms. The Bertz CT molecular complexity index is 1330. The van der Waals surface area contributed by atoms with Crippen LogP contribution in [0.25, 0.3) is 0 Å². The van der Waals surface area contributed by atoms with Gasteiger partial charge in [-0.1, -0.05) is 113 Å². The summed E-state index contributed by atoms with van der Waals surface area (Å²) in [6, 6.07) is 18.4. The molecule has 6 nitrogen and oxygen atoms in total. The summed E-state index contributed by atoms with van der Waals surface area (Å²) in [5.41, 5.74) is 5.60. The van der Waals surface area contributed by atoms with Gasteiger partial charge >= 0.3 is 29.5 Å². The predicted molar refractivity (Wildman–Crippen MR) is 231 cm³/mol. The lowest BCUT2D eigenvalue weighted by molar-refractivity contribution is -0.195. The van der Waals surface area contributed by atoms with E-state index >= 15 is 0 Å². The first-order valence-electron chi connectivity index (χ1n) is 20.3. The van der Waals surface area contributed by atoms with Gasteiger partial charge in [0.15, 0.2) is 0 Å². The number of rotatable bonds is 19. The van der Waals surface area contributed by atoms with Gasteiger partial charge in [0.25, 0.3) is 0 Å². The van der Waals surface area contributed by atoms with E-state index in [1.807, 2.05) is 27.7 Å². The molecule has 0 aliphatic carbocycles. The average molecular weight is 868 g/mol. The van der Waals surface area contributed by atoms with Crippen LogP contribution in [0.4, 0.5) is 26.3 Å². The number of nitrogens with one attached hydrogen (secondary N) is 1. The molecule has 1 N–H and O–H groups in total. The molecule has 0 saturated carbocycles. The fourth-order valence-corrected chi connectivity index (χ4v) is 9.89. The van der Waals surface area contributed by atoms with Crippen molar-refractivity contribution < 1.29 is 48.8 Å². The predicted octanol–water partition coefficient (Wildman–Crippen LogP) is 13.0. The van der Waals surface area contributed by atoms with Crippen molar-refractivity contribution in [3.8, 4) is 0 Å². The van der Waals surface area contributed by atoms with Crippen LogP contribution in [0.1, 0.15) is 103 Å². The second-order valence-electron chi connectivity index (χ2n) is 15.7. The van der Waals surface area contributed by atoms with Crippen molar-refractivity contribution in [2.45, 2.75) is 164 Å². The molecule has 0 heterocycles. The maximum Gasteiger partial charge on any atom is 0.413 e. The lowest BCUT2D eigenvalue weighted by Crippen LogP contribution is -2.46. The van der Waals surface area contributed by atoms with Gasteiger partial charge in [-0.15, -0.1) is 6.58 Å². The number of alkyl halides is 6. The van der Waals surface area contributed by atoms with Crippen molar-refractivity contribution in [2.24, 2.45) is 11.8 Å². The van der Waals surface area contributed by atoms with Crippen LogP contribution in [0.2, 0.25) is 25.2 Å². The van der Waals surface area contributed by atoms with Gasteiger partial charge in [0.2, 0.25) is 5.91 Å². The zero-order chi connectivity index (χ0) is 45.3. The van der Waals surface area contributed by atoms with Crippen LogP contribution >= 0.6 is 0 Å². The van der Waals surface area contributed by atoms with E-state index in [0.717, 1.165) is 20.3 Å². The molecule has 14 heteroatoms. The standard InChI is InChI=1S/C16H32F3NO3Si.2C10H14.C8H15F3O2Si/c1-11(2)20-15(21)13(4)9-8-12(3)10-24(7,22-6)23-14(5)16(17,18)19;2*1-3-4-10-7-5-9(2)6-8-10;1-5-6-14(4,12-3)13-7(2)8(9,10)11/h11-14H,8-10H2,1-7H3,(H,20,21);2*5-8H,3-4H2,1-2H3;5,7H,1,6H2,2-4H3. The molecule has 6 atom stereocenters. The summed E-state index contributed by atoms with van der Waals surface area (Å²) in [6.07, 6.45) is -4.53. The van der Waals surface area contributed by atoms with Crippen LogP contribution in [0.15, 0.2) is 61.2 Å². The van der Waals surface area contributed by atoms with Gasteiger partial charge in [-0.2, -0.15) is 26.3 Å². The molecule has 0 saturated heterocycles. The van der Waals surface area contributed by atoms with Crippen molar-refractivity contribution in [3.63, 3.8) is 0 Å². The minimum Gasteiger partial charge on any atom is -0.398 e. The molecule has 336 valence electrons. The monoisotopic (exact) mass is 868 g/mol. The number of benzene rings is 2. The Hall–Kier alpha value is -2.50. The van der Waals surface area contributed by atoms with Crippen molar-refractivity contribution in [1.82, 2.24) is 5.32 Å². The number of allylic oxidation sites excluding steroid dienone is 1. The first-order chi connectivity index (χ1) is 26.7. The number of hydrogen-bond donors (Lipinski definition) is 1. The van der Waals surface area contributed by atoms with Crippen LogP contribution in [0.5, 0.6) is 0 Å². The third-order valence-electron chi connectivity index (χ3n) is 9.16. The van der Waals surface area contributed by atoms with Crippen LogP contribution in [-0.4, -0.2) is 67.9 Å². The van der Waals surface area contributed by atoms with E-state index in [1.165, 1.54) is 68.2 Å². The summed E-state index contributed by atoms with van der Waals surface area (Å²) in [5, 5.41) is 2.86. The van der Waals surface area contributed by atoms with Crippen molar-refractivity contribution in [2.75, 3.05) is 14.2 Å². The summed E-state index contributed by atoms with van der Waals surface area (Å²) in [4.78, 5) is 11.9. The average Bonchev–Trinajstić information content (AvgIpc) is 3.12. The second kappa shape index (κ2) is 28.9. The SMILES string of the molecule is C=CC[Si](C)(OC)OC(C)C(F)(F)F.CCCc1ccc(C)cc1.CCCc1ccc(C)cc1.CO[Si](C)(CC(C)CCC(C)C(=O)NC(C)C)OC(C)C(F)(F)F. The van der Waals surface area contributed by atoms with Crippen LogP contribution in [-0.2, 0) is 35.3 Å². The highest BCUT2D eigenvalue weighted by Crippen LogP contribution is 2.30. The largest absolute Gasteiger partial charge is 0.413 e. The molecule has 1 amide bonds. The molecule has 6 unspecified atom stereocenters.